The zero-order valence-electron chi connectivity index (χ0n) is 7.53. The van der Waals surface area contributed by atoms with Gasteiger partial charge in [-0.15, -0.1) is 0 Å². The maximum absolute atomic E-state index is 10.5. The summed E-state index contributed by atoms with van der Waals surface area (Å²) in [7, 11) is 0. The molecule has 0 unspecified atom stereocenters. The number of benzene rings is 1. The lowest BCUT2D eigenvalue weighted by Crippen LogP contribution is -2.05. The van der Waals surface area contributed by atoms with Gasteiger partial charge in [0.25, 0.3) is 0 Å². The standard InChI is InChI=1S/C11H10N2O/c12-11(14)6-5-9-7-8-3-1-2-4-10(8)13-9/h1-7,13H,(H2,12,14). The molecule has 14 heavy (non-hydrogen) atoms. The number of primary amides is 1. The van der Waals surface area contributed by atoms with Crippen LogP contribution in [0, 0.1) is 0 Å². The van der Waals surface area contributed by atoms with E-state index in [1.165, 1.54) is 6.08 Å². The number of hydrogen-bond donors (Lipinski definition) is 2. The minimum atomic E-state index is -0.441. The third-order valence-electron chi connectivity index (χ3n) is 1.98. The quantitative estimate of drug-likeness (QED) is 0.688. The molecule has 3 N–H and O–H groups in total. The first kappa shape index (κ1) is 8.56. The van der Waals surface area contributed by atoms with Crippen LogP contribution < -0.4 is 5.73 Å². The van der Waals surface area contributed by atoms with Gasteiger partial charge in [0, 0.05) is 17.3 Å². The van der Waals surface area contributed by atoms with Crippen LogP contribution in [0.1, 0.15) is 5.69 Å². The molecule has 1 amide bonds. The molecule has 1 aromatic carbocycles. The number of rotatable bonds is 2. The van der Waals surface area contributed by atoms with Crippen LogP contribution in [0.25, 0.3) is 17.0 Å². The zero-order chi connectivity index (χ0) is 9.97. The average Bonchev–Trinajstić information content (AvgIpc) is 2.57. The van der Waals surface area contributed by atoms with E-state index in [4.69, 9.17) is 5.73 Å². The molecule has 0 saturated heterocycles. The predicted octanol–water partition coefficient (Wildman–Crippen LogP) is 1.67. The summed E-state index contributed by atoms with van der Waals surface area (Å²) in [6, 6.07) is 9.89. The number of para-hydroxylation sites is 1. The monoisotopic (exact) mass is 186 g/mol. The summed E-state index contributed by atoms with van der Waals surface area (Å²) in [5.41, 5.74) is 6.93. The Hall–Kier alpha value is -2.03. The topological polar surface area (TPSA) is 58.9 Å². The lowest BCUT2D eigenvalue weighted by molar-refractivity contribution is -0.113. The third-order valence-corrected chi connectivity index (χ3v) is 1.98. The molecular weight excluding hydrogens is 176 g/mol. The molecule has 0 aliphatic carbocycles. The largest absolute Gasteiger partial charge is 0.366 e. The van der Waals surface area contributed by atoms with Crippen molar-refractivity contribution in [2.24, 2.45) is 5.73 Å². The van der Waals surface area contributed by atoms with E-state index < -0.39 is 5.91 Å². The van der Waals surface area contributed by atoms with Crippen LogP contribution in [-0.4, -0.2) is 10.9 Å². The molecule has 1 aromatic heterocycles. The van der Waals surface area contributed by atoms with E-state index in [9.17, 15) is 4.79 Å². The number of hydrogen-bond acceptors (Lipinski definition) is 1. The van der Waals surface area contributed by atoms with Crippen LogP contribution in [0.4, 0.5) is 0 Å². The average molecular weight is 186 g/mol. The summed E-state index contributed by atoms with van der Waals surface area (Å²) < 4.78 is 0. The molecule has 2 rings (SSSR count). The van der Waals surface area contributed by atoms with Gasteiger partial charge >= 0.3 is 0 Å². The van der Waals surface area contributed by atoms with Gasteiger partial charge in [-0.25, -0.2) is 0 Å². The Balaban J connectivity index is 2.40. The van der Waals surface area contributed by atoms with Crippen molar-refractivity contribution in [3.05, 3.63) is 42.1 Å². The van der Waals surface area contributed by atoms with Gasteiger partial charge < -0.3 is 10.7 Å². The number of carbonyl (C=O) groups excluding carboxylic acids is 1. The van der Waals surface area contributed by atoms with Gasteiger partial charge in [0.1, 0.15) is 0 Å². The van der Waals surface area contributed by atoms with Crippen molar-refractivity contribution in [2.45, 2.75) is 0 Å². The second kappa shape index (κ2) is 3.38. The first-order valence-corrected chi connectivity index (χ1v) is 4.31. The van der Waals surface area contributed by atoms with E-state index >= 15 is 0 Å². The van der Waals surface area contributed by atoms with E-state index in [0.717, 1.165) is 16.6 Å². The first-order chi connectivity index (χ1) is 6.75. The second-order valence-corrected chi connectivity index (χ2v) is 3.05. The molecule has 0 fully saturated rings. The maximum atomic E-state index is 10.5. The molecule has 3 nitrogen and oxygen atoms in total. The summed E-state index contributed by atoms with van der Waals surface area (Å²) in [4.78, 5) is 13.7. The number of aromatic nitrogens is 1. The maximum Gasteiger partial charge on any atom is 0.241 e. The Morgan fingerprint density at radius 3 is 2.86 bits per heavy atom. The first-order valence-electron chi connectivity index (χ1n) is 4.31. The summed E-state index contributed by atoms with van der Waals surface area (Å²) in [5.74, 6) is -0.441. The Morgan fingerprint density at radius 2 is 2.14 bits per heavy atom. The molecule has 0 bridgehead atoms. The van der Waals surface area contributed by atoms with Crippen LogP contribution >= 0.6 is 0 Å². The fourth-order valence-corrected chi connectivity index (χ4v) is 1.36. The molecule has 0 saturated carbocycles. The Kier molecular flexibility index (Phi) is 2.07. The zero-order valence-corrected chi connectivity index (χ0v) is 7.53. The van der Waals surface area contributed by atoms with Crippen LogP contribution in [0.2, 0.25) is 0 Å². The van der Waals surface area contributed by atoms with Crippen LogP contribution in [0.3, 0.4) is 0 Å². The van der Waals surface area contributed by atoms with Gasteiger partial charge in [0.2, 0.25) is 5.91 Å². The van der Waals surface area contributed by atoms with Gasteiger partial charge in [-0.05, 0) is 23.6 Å². The normalized spacial score (nSPS) is 11.1. The third kappa shape index (κ3) is 1.66. The molecule has 70 valence electrons. The van der Waals surface area contributed by atoms with Crippen molar-refractivity contribution in [3.63, 3.8) is 0 Å². The summed E-state index contributed by atoms with van der Waals surface area (Å²) in [5, 5.41) is 1.12. The number of aromatic amines is 1. The highest BCUT2D eigenvalue weighted by atomic mass is 16.1. The lowest BCUT2D eigenvalue weighted by Gasteiger charge is -1.84. The number of fused-ring (bicyclic) bond motifs is 1. The summed E-state index contributed by atoms with van der Waals surface area (Å²) in [6.45, 7) is 0. The molecule has 0 radical (unpaired) electrons. The molecule has 3 heteroatoms. The summed E-state index contributed by atoms with van der Waals surface area (Å²) in [6.07, 6.45) is 3.01. The van der Waals surface area contributed by atoms with Crippen LogP contribution in [0.5, 0.6) is 0 Å². The number of H-pyrrole nitrogens is 1. The van der Waals surface area contributed by atoms with E-state index in [1.54, 1.807) is 6.08 Å². The highest BCUT2D eigenvalue weighted by Gasteiger charge is 1.95. The molecule has 0 aliphatic heterocycles. The number of carbonyl (C=O) groups is 1. The van der Waals surface area contributed by atoms with Gasteiger partial charge in [-0.2, -0.15) is 0 Å². The fraction of sp³-hybridized carbons (Fsp3) is 0. The van der Waals surface area contributed by atoms with Crippen molar-refractivity contribution in [1.82, 2.24) is 4.98 Å². The SMILES string of the molecule is NC(=O)C=Cc1cc2ccccc2[nH]1. The molecule has 2 aromatic rings. The van der Waals surface area contributed by atoms with Gasteiger partial charge in [-0.3, -0.25) is 4.79 Å². The minimum absolute atomic E-state index is 0.441. The van der Waals surface area contributed by atoms with Crippen molar-refractivity contribution in [2.75, 3.05) is 0 Å². The van der Waals surface area contributed by atoms with Gasteiger partial charge in [0.15, 0.2) is 0 Å². The molecule has 0 aliphatic rings. The van der Waals surface area contributed by atoms with Crippen LogP contribution in [-0.2, 0) is 4.79 Å². The molecule has 0 atom stereocenters. The summed E-state index contributed by atoms with van der Waals surface area (Å²) >= 11 is 0. The Morgan fingerprint density at radius 1 is 1.36 bits per heavy atom. The molecule has 0 spiro atoms. The van der Waals surface area contributed by atoms with Crippen molar-refractivity contribution in [1.29, 1.82) is 0 Å². The minimum Gasteiger partial charge on any atom is -0.366 e. The highest BCUT2D eigenvalue weighted by Crippen LogP contribution is 2.15. The number of nitrogens with one attached hydrogen (secondary N) is 1. The highest BCUT2D eigenvalue weighted by molar-refractivity contribution is 5.91. The van der Waals surface area contributed by atoms with Gasteiger partial charge in [-0.1, -0.05) is 18.2 Å². The lowest BCUT2D eigenvalue weighted by atomic mass is 10.2. The Labute approximate surface area is 81.2 Å². The second-order valence-electron chi connectivity index (χ2n) is 3.05. The van der Waals surface area contributed by atoms with Crippen LogP contribution in [0.15, 0.2) is 36.4 Å². The molecule has 1 heterocycles. The molecular formula is C11H10N2O. The fourth-order valence-electron chi connectivity index (χ4n) is 1.36. The van der Waals surface area contributed by atoms with Gasteiger partial charge in [0.05, 0.1) is 0 Å². The van der Waals surface area contributed by atoms with E-state index in [1.807, 2.05) is 30.3 Å². The number of nitrogens with two attached hydrogens (primary N) is 1. The van der Waals surface area contributed by atoms with E-state index in [0.29, 0.717) is 0 Å². The van der Waals surface area contributed by atoms with E-state index in [2.05, 4.69) is 4.98 Å². The predicted molar refractivity (Wildman–Crippen MR) is 56.5 cm³/mol. The van der Waals surface area contributed by atoms with Crippen molar-refractivity contribution in [3.8, 4) is 0 Å². The van der Waals surface area contributed by atoms with Crippen molar-refractivity contribution < 1.29 is 4.79 Å². The van der Waals surface area contributed by atoms with E-state index in [-0.39, 0.29) is 0 Å². The Bertz CT molecular complexity index is 464. The smallest absolute Gasteiger partial charge is 0.241 e. The van der Waals surface area contributed by atoms with Crippen molar-refractivity contribution >= 4 is 22.9 Å². The number of amides is 1.